The van der Waals surface area contributed by atoms with E-state index in [4.69, 9.17) is 22.1 Å². The van der Waals surface area contributed by atoms with Crippen LogP contribution in [0.3, 0.4) is 0 Å². The van der Waals surface area contributed by atoms with Crippen LogP contribution < -0.4 is 5.73 Å². The molecule has 7 heteroatoms. The molecule has 0 bridgehead atoms. The van der Waals surface area contributed by atoms with E-state index >= 15 is 0 Å². The molecule has 0 spiro atoms. The smallest absolute Gasteiger partial charge is 0.310 e. The van der Waals surface area contributed by atoms with Crippen LogP contribution in [0.25, 0.3) is 0 Å². The highest BCUT2D eigenvalue weighted by Gasteiger charge is 2.30. The number of carbonyl (C=O) groups is 2. The molecule has 1 saturated heterocycles. The van der Waals surface area contributed by atoms with Crippen LogP contribution in [0.4, 0.5) is 5.69 Å². The molecular weight excluding hydrogens is 294 g/mol. The van der Waals surface area contributed by atoms with Crippen molar-refractivity contribution in [2.75, 3.05) is 25.4 Å². The van der Waals surface area contributed by atoms with Gasteiger partial charge in [0.25, 0.3) is 5.91 Å². The molecule has 0 radical (unpaired) electrons. The van der Waals surface area contributed by atoms with Crippen molar-refractivity contribution in [1.82, 2.24) is 9.88 Å². The fourth-order valence-electron chi connectivity index (χ4n) is 2.40. The monoisotopic (exact) mass is 311 g/mol. The fourth-order valence-corrected chi connectivity index (χ4v) is 2.58. The topological polar surface area (TPSA) is 85.5 Å². The van der Waals surface area contributed by atoms with Crippen molar-refractivity contribution < 1.29 is 14.3 Å². The van der Waals surface area contributed by atoms with Crippen LogP contribution in [0, 0.1) is 5.92 Å². The summed E-state index contributed by atoms with van der Waals surface area (Å²) in [6.45, 7) is 3.03. The van der Waals surface area contributed by atoms with Gasteiger partial charge < -0.3 is 15.4 Å². The lowest BCUT2D eigenvalue weighted by molar-refractivity contribution is -0.149. The highest BCUT2D eigenvalue weighted by molar-refractivity contribution is 6.32. The molecule has 114 valence electrons. The summed E-state index contributed by atoms with van der Waals surface area (Å²) in [4.78, 5) is 29.8. The third kappa shape index (κ3) is 3.64. The SMILES string of the molecule is CCOC(=O)C1CCCN(C(=O)c2cc(N)cnc2Cl)C1. The van der Waals surface area contributed by atoms with Crippen LogP contribution in [-0.4, -0.2) is 41.5 Å². The van der Waals surface area contributed by atoms with Crippen LogP contribution in [0.1, 0.15) is 30.1 Å². The van der Waals surface area contributed by atoms with Gasteiger partial charge in [-0.3, -0.25) is 9.59 Å². The van der Waals surface area contributed by atoms with Crippen LogP contribution in [0.5, 0.6) is 0 Å². The van der Waals surface area contributed by atoms with Crippen molar-refractivity contribution >= 4 is 29.2 Å². The third-order valence-electron chi connectivity index (χ3n) is 3.42. The second kappa shape index (κ2) is 6.76. The summed E-state index contributed by atoms with van der Waals surface area (Å²) >= 11 is 5.95. The molecule has 1 aromatic heterocycles. The minimum atomic E-state index is -0.282. The number of nitrogen functional groups attached to an aromatic ring is 1. The Morgan fingerprint density at radius 1 is 1.57 bits per heavy atom. The number of ether oxygens (including phenoxy) is 1. The number of pyridine rings is 1. The van der Waals surface area contributed by atoms with Gasteiger partial charge in [0, 0.05) is 13.1 Å². The first-order chi connectivity index (χ1) is 10.0. The number of carbonyl (C=O) groups excluding carboxylic acids is 2. The van der Waals surface area contributed by atoms with Gasteiger partial charge in [-0.25, -0.2) is 4.98 Å². The zero-order chi connectivity index (χ0) is 15.4. The second-order valence-electron chi connectivity index (χ2n) is 4.95. The summed E-state index contributed by atoms with van der Waals surface area (Å²) in [5.74, 6) is -0.795. The molecule has 1 aliphatic heterocycles. The quantitative estimate of drug-likeness (QED) is 0.678. The molecule has 21 heavy (non-hydrogen) atoms. The highest BCUT2D eigenvalue weighted by Crippen LogP contribution is 2.23. The van der Waals surface area contributed by atoms with E-state index in [2.05, 4.69) is 4.98 Å². The number of piperidine rings is 1. The summed E-state index contributed by atoms with van der Waals surface area (Å²) in [6, 6.07) is 1.51. The summed E-state index contributed by atoms with van der Waals surface area (Å²) in [6.07, 6.45) is 2.88. The molecule has 1 fully saturated rings. The van der Waals surface area contributed by atoms with Crippen molar-refractivity contribution in [1.29, 1.82) is 0 Å². The zero-order valence-corrected chi connectivity index (χ0v) is 12.6. The van der Waals surface area contributed by atoms with Gasteiger partial charge in [0.1, 0.15) is 5.15 Å². The molecule has 1 aliphatic rings. The Kier molecular flexibility index (Phi) is 5.01. The maximum absolute atomic E-state index is 12.5. The number of esters is 1. The number of hydrogen-bond acceptors (Lipinski definition) is 5. The molecule has 2 N–H and O–H groups in total. The lowest BCUT2D eigenvalue weighted by Gasteiger charge is -2.31. The largest absolute Gasteiger partial charge is 0.466 e. The molecule has 0 aliphatic carbocycles. The van der Waals surface area contributed by atoms with Crippen molar-refractivity contribution in [3.8, 4) is 0 Å². The molecule has 1 atom stereocenters. The number of anilines is 1. The van der Waals surface area contributed by atoms with E-state index in [1.165, 1.54) is 12.3 Å². The van der Waals surface area contributed by atoms with Gasteiger partial charge in [-0.2, -0.15) is 0 Å². The number of halogens is 1. The maximum atomic E-state index is 12.5. The maximum Gasteiger partial charge on any atom is 0.310 e. The van der Waals surface area contributed by atoms with Gasteiger partial charge in [-0.05, 0) is 25.8 Å². The normalized spacial score (nSPS) is 18.4. The van der Waals surface area contributed by atoms with Gasteiger partial charge >= 0.3 is 5.97 Å². The van der Waals surface area contributed by atoms with E-state index in [1.807, 2.05) is 0 Å². The summed E-state index contributed by atoms with van der Waals surface area (Å²) < 4.78 is 5.02. The second-order valence-corrected chi connectivity index (χ2v) is 5.31. The van der Waals surface area contributed by atoms with Crippen molar-refractivity contribution in [3.63, 3.8) is 0 Å². The first-order valence-corrected chi connectivity index (χ1v) is 7.27. The highest BCUT2D eigenvalue weighted by atomic mass is 35.5. The standard InChI is InChI=1S/C14H18ClN3O3/c1-2-21-14(20)9-4-3-5-18(8-9)13(19)11-6-10(16)7-17-12(11)15/h6-7,9H,2-5,8,16H2,1H3. The Hall–Kier alpha value is -1.82. The molecule has 2 rings (SSSR count). The molecule has 1 aromatic rings. The number of amides is 1. The Bertz CT molecular complexity index is 550. The van der Waals surface area contributed by atoms with Crippen LogP contribution in [-0.2, 0) is 9.53 Å². The van der Waals surface area contributed by atoms with Crippen molar-refractivity contribution in [3.05, 3.63) is 23.0 Å². The fraction of sp³-hybridized carbons (Fsp3) is 0.500. The average molecular weight is 312 g/mol. The van der Waals surface area contributed by atoms with E-state index < -0.39 is 0 Å². The number of rotatable bonds is 3. The average Bonchev–Trinajstić information content (AvgIpc) is 2.49. The van der Waals surface area contributed by atoms with Crippen molar-refractivity contribution in [2.24, 2.45) is 5.92 Å². The Morgan fingerprint density at radius 2 is 2.33 bits per heavy atom. The van der Waals surface area contributed by atoms with Gasteiger partial charge in [0.05, 0.1) is 30.0 Å². The Morgan fingerprint density at radius 3 is 3.05 bits per heavy atom. The Balaban J connectivity index is 2.12. The van der Waals surface area contributed by atoms with Gasteiger partial charge in [-0.15, -0.1) is 0 Å². The molecule has 6 nitrogen and oxygen atoms in total. The number of hydrogen-bond donors (Lipinski definition) is 1. The molecular formula is C14H18ClN3O3. The summed E-state index contributed by atoms with van der Waals surface area (Å²) in [7, 11) is 0. The lowest BCUT2D eigenvalue weighted by atomic mass is 9.97. The third-order valence-corrected chi connectivity index (χ3v) is 3.72. The van der Waals surface area contributed by atoms with Crippen LogP contribution in [0.15, 0.2) is 12.3 Å². The zero-order valence-electron chi connectivity index (χ0n) is 11.8. The van der Waals surface area contributed by atoms with E-state index in [9.17, 15) is 9.59 Å². The predicted molar refractivity (Wildman–Crippen MR) is 78.9 cm³/mol. The first kappa shape index (κ1) is 15.6. The number of aromatic nitrogens is 1. The molecule has 1 unspecified atom stereocenters. The van der Waals surface area contributed by atoms with Gasteiger partial charge in [0.15, 0.2) is 0 Å². The number of likely N-dealkylation sites (tertiary alicyclic amines) is 1. The van der Waals surface area contributed by atoms with Crippen molar-refractivity contribution in [2.45, 2.75) is 19.8 Å². The number of nitrogens with zero attached hydrogens (tertiary/aromatic N) is 2. The first-order valence-electron chi connectivity index (χ1n) is 6.89. The van der Waals surface area contributed by atoms with E-state index in [0.717, 1.165) is 12.8 Å². The van der Waals surface area contributed by atoms with E-state index in [-0.39, 0.29) is 28.5 Å². The molecule has 0 saturated carbocycles. The minimum absolute atomic E-state index is 0.118. The van der Waals surface area contributed by atoms with E-state index in [1.54, 1.807) is 11.8 Å². The van der Waals surface area contributed by atoms with Crippen LogP contribution in [0.2, 0.25) is 5.15 Å². The lowest BCUT2D eigenvalue weighted by Crippen LogP contribution is -2.43. The molecule has 0 aromatic carbocycles. The predicted octanol–water partition coefficient (Wildman–Crippen LogP) is 1.73. The van der Waals surface area contributed by atoms with Gasteiger partial charge in [-0.1, -0.05) is 11.6 Å². The minimum Gasteiger partial charge on any atom is -0.466 e. The molecule has 2 heterocycles. The molecule has 1 amide bonds. The Labute approximate surface area is 128 Å². The summed E-state index contributed by atoms with van der Waals surface area (Å²) in [5, 5.41) is 0.118. The summed E-state index contributed by atoms with van der Waals surface area (Å²) in [5.41, 5.74) is 6.29. The van der Waals surface area contributed by atoms with Gasteiger partial charge in [0.2, 0.25) is 0 Å². The van der Waals surface area contributed by atoms with E-state index in [0.29, 0.717) is 25.4 Å². The number of nitrogens with two attached hydrogens (primary N) is 1. The van der Waals surface area contributed by atoms with Crippen LogP contribution >= 0.6 is 11.6 Å².